The lowest BCUT2D eigenvalue weighted by molar-refractivity contribution is -0.118. The predicted molar refractivity (Wildman–Crippen MR) is 109 cm³/mol. The van der Waals surface area contributed by atoms with Gasteiger partial charge in [0.05, 0.1) is 17.2 Å². The minimum Gasteiger partial charge on any atom is -0.300 e. The average Bonchev–Trinajstić information content (AvgIpc) is 3.18. The lowest BCUT2D eigenvalue weighted by Gasteiger charge is -2.20. The second-order valence-electron chi connectivity index (χ2n) is 5.87. The van der Waals surface area contributed by atoms with Gasteiger partial charge in [-0.25, -0.2) is 14.4 Å². The maximum absolute atomic E-state index is 14.5. The van der Waals surface area contributed by atoms with Crippen LogP contribution in [0, 0.1) is 5.82 Å². The zero-order valence-electron chi connectivity index (χ0n) is 14.2. The summed E-state index contributed by atoms with van der Waals surface area (Å²) in [4.78, 5) is 34.4. The topological polar surface area (TPSA) is 76.9 Å². The van der Waals surface area contributed by atoms with Gasteiger partial charge >= 0.3 is 0 Å². The third-order valence-electron chi connectivity index (χ3n) is 4.13. The van der Waals surface area contributed by atoms with Crippen molar-refractivity contribution in [2.75, 3.05) is 5.32 Å². The molecule has 4 aromatic rings. The Bertz CT molecular complexity index is 1230. The molecule has 0 bridgehead atoms. The first-order valence-corrected chi connectivity index (χ1v) is 9.83. The number of carbonyl (C=O) groups excluding carboxylic acids is 1. The van der Waals surface area contributed by atoms with Crippen LogP contribution >= 0.6 is 27.3 Å². The number of hydrogen-bond donors (Lipinski definition) is 1. The average molecular weight is 459 g/mol. The van der Waals surface area contributed by atoms with Crippen molar-refractivity contribution >= 4 is 49.2 Å². The van der Waals surface area contributed by atoms with Crippen LogP contribution in [0.5, 0.6) is 0 Å². The Kier molecular flexibility index (Phi) is 5.01. The minimum atomic E-state index is -1.24. The monoisotopic (exact) mass is 458 g/mol. The van der Waals surface area contributed by atoms with E-state index >= 15 is 0 Å². The van der Waals surface area contributed by atoms with E-state index in [1.54, 1.807) is 35.8 Å². The summed E-state index contributed by atoms with van der Waals surface area (Å²) in [6, 6.07) is 9.69. The Morgan fingerprint density at radius 1 is 1.21 bits per heavy atom. The number of aromatic nitrogens is 3. The van der Waals surface area contributed by atoms with E-state index in [2.05, 4.69) is 31.2 Å². The van der Waals surface area contributed by atoms with E-state index in [1.165, 1.54) is 35.9 Å². The fourth-order valence-electron chi connectivity index (χ4n) is 2.87. The molecule has 6 nitrogen and oxygen atoms in total. The largest absolute Gasteiger partial charge is 0.300 e. The van der Waals surface area contributed by atoms with Crippen LogP contribution in [0.1, 0.15) is 11.6 Å². The molecule has 1 amide bonds. The van der Waals surface area contributed by atoms with E-state index in [0.29, 0.717) is 20.5 Å². The maximum atomic E-state index is 14.5. The van der Waals surface area contributed by atoms with Gasteiger partial charge in [0.25, 0.3) is 11.5 Å². The molecule has 2 heterocycles. The fourth-order valence-corrected chi connectivity index (χ4v) is 3.76. The van der Waals surface area contributed by atoms with Crippen LogP contribution in [0.4, 0.5) is 9.52 Å². The van der Waals surface area contributed by atoms with E-state index in [-0.39, 0.29) is 5.56 Å². The molecule has 0 aliphatic carbocycles. The number of benzene rings is 2. The summed E-state index contributed by atoms with van der Waals surface area (Å²) >= 11 is 4.56. The Labute approximate surface area is 170 Å². The van der Waals surface area contributed by atoms with Gasteiger partial charge in [0.2, 0.25) is 0 Å². The zero-order valence-corrected chi connectivity index (χ0v) is 16.6. The van der Waals surface area contributed by atoms with Gasteiger partial charge in [0.1, 0.15) is 11.9 Å². The van der Waals surface area contributed by atoms with Crippen LogP contribution in [0.2, 0.25) is 0 Å². The molecule has 0 spiro atoms. The molecule has 4 rings (SSSR count). The van der Waals surface area contributed by atoms with Crippen molar-refractivity contribution in [3.63, 3.8) is 0 Å². The number of anilines is 1. The Balaban J connectivity index is 1.89. The van der Waals surface area contributed by atoms with E-state index in [9.17, 15) is 14.0 Å². The molecule has 1 atom stereocenters. The van der Waals surface area contributed by atoms with Crippen LogP contribution in [-0.2, 0) is 4.79 Å². The number of amides is 1. The summed E-state index contributed by atoms with van der Waals surface area (Å²) in [5.41, 5.74) is 0.0979. The quantitative estimate of drug-likeness (QED) is 0.501. The molecule has 9 heteroatoms. The number of fused-ring (bicyclic) bond motifs is 1. The highest BCUT2D eigenvalue weighted by molar-refractivity contribution is 9.10. The molecular weight excluding hydrogens is 447 g/mol. The number of hydrogen-bond acceptors (Lipinski definition) is 5. The smallest absolute Gasteiger partial charge is 0.262 e. The summed E-state index contributed by atoms with van der Waals surface area (Å²) < 4.78 is 16.4. The molecule has 0 saturated heterocycles. The molecule has 1 unspecified atom stereocenters. The van der Waals surface area contributed by atoms with Crippen molar-refractivity contribution in [2.45, 2.75) is 6.04 Å². The molecule has 0 aliphatic heterocycles. The van der Waals surface area contributed by atoms with E-state index in [4.69, 9.17) is 0 Å². The molecule has 2 aromatic heterocycles. The normalized spacial score (nSPS) is 12.1. The van der Waals surface area contributed by atoms with Gasteiger partial charge in [-0.1, -0.05) is 34.1 Å². The minimum absolute atomic E-state index is 0.0646. The summed E-state index contributed by atoms with van der Waals surface area (Å²) in [5, 5.41) is 5.02. The van der Waals surface area contributed by atoms with Gasteiger partial charge in [-0.3, -0.25) is 19.5 Å². The van der Waals surface area contributed by atoms with Crippen molar-refractivity contribution in [1.82, 2.24) is 14.5 Å². The summed E-state index contributed by atoms with van der Waals surface area (Å²) in [6.45, 7) is 0. The van der Waals surface area contributed by atoms with Gasteiger partial charge in [-0.05, 0) is 24.3 Å². The Morgan fingerprint density at radius 3 is 2.79 bits per heavy atom. The third kappa shape index (κ3) is 3.46. The second-order valence-corrected chi connectivity index (χ2v) is 7.68. The van der Waals surface area contributed by atoms with E-state index in [0.717, 1.165) is 4.57 Å². The van der Waals surface area contributed by atoms with Gasteiger partial charge in [-0.2, -0.15) is 0 Å². The van der Waals surface area contributed by atoms with Crippen molar-refractivity contribution in [1.29, 1.82) is 0 Å². The number of rotatable bonds is 4. The molecule has 0 radical (unpaired) electrons. The van der Waals surface area contributed by atoms with Crippen molar-refractivity contribution in [2.24, 2.45) is 0 Å². The number of halogens is 2. The van der Waals surface area contributed by atoms with Crippen molar-refractivity contribution < 1.29 is 9.18 Å². The predicted octanol–water partition coefficient (Wildman–Crippen LogP) is 3.98. The van der Waals surface area contributed by atoms with Gasteiger partial charge < -0.3 is 0 Å². The molecule has 0 fully saturated rings. The first kappa shape index (κ1) is 18.5. The Hall–Kier alpha value is -2.91. The van der Waals surface area contributed by atoms with Gasteiger partial charge in [0.15, 0.2) is 5.13 Å². The van der Waals surface area contributed by atoms with Crippen LogP contribution in [-0.4, -0.2) is 20.4 Å². The SMILES string of the molecule is O=C(Nc1nccs1)C(c1ccccc1F)n1cnc2ccc(Br)cc2c1=O. The lowest BCUT2D eigenvalue weighted by Crippen LogP contribution is -2.34. The van der Waals surface area contributed by atoms with Crippen LogP contribution in [0.15, 0.2) is 69.6 Å². The first-order valence-electron chi connectivity index (χ1n) is 8.16. The summed E-state index contributed by atoms with van der Waals surface area (Å²) in [7, 11) is 0. The highest BCUT2D eigenvalue weighted by Crippen LogP contribution is 2.24. The molecule has 0 saturated carbocycles. The lowest BCUT2D eigenvalue weighted by atomic mass is 10.0. The standard InChI is InChI=1S/C19H12BrFN4O2S/c20-11-5-6-15-13(9-11)18(27)25(10-23-15)16(12-3-1-2-4-14(12)21)17(26)24-19-22-7-8-28-19/h1-10,16H,(H,22,24,26). The van der Waals surface area contributed by atoms with Crippen LogP contribution in [0.3, 0.4) is 0 Å². The van der Waals surface area contributed by atoms with Crippen LogP contribution in [0.25, 0.3) is 10.9 Å². The fraction of sp³-hybridized carbons (Fsp3) is 0.0526. The second kappa shape index (κ2) is 7.61. The van der Waals surface area contributed by atoms with Crippen molar-refractivity contribution in [3.05, 3.63) is 86.6 Å². The molecular formula is C19H12BrFN4O2S. The highest BCUT2D eigenvalue weighted by atomic mass is 79.9. The molecule has 2 aromatic carbocycles. The maximum Gasteiger partial charge on any atom is 0.262 e. The first-order chi connectivity index (χ1) is 13.5. The summed E-state index contributed by atoms with van der Waals surface area (Å²) in [6.07, 6.45) is 2.80. The molecule has 140 valence electrons. The summed E-state index contributed by atoms with van der Waals surface area (Å²) in [5.74, 6) is -1.18. The molecule has 1 N–H and O–H groups in total. The number of nitrogens with one attached hydrogen (secondary N) is 1. The zero-order chi connectivity index (χ0) is 19.7. The number of carbonyl (C=O) groups is 1. The van der Waals surface area contributed by atoms with Crippen molar-refractivity contribution in [3.8, 4) is 0 Å². The van der Waals surface area contributed by atoms with Gasteiger partial charge in [0, 0.05) is 21.6 Å². The molecule has 28 heavy (non-hydrogen) atoms. The Morgan fingerprint density at radius 2 is 2.04 bits per heavy atom. The molecule has 0 aliphatic rings. The number of nitrogens with zero attached hydrogens (tertiary/aromatic N) is 3. The van der Waals surface area contributed by atoms with E-state index in [1.807, 2.05) is 0 Å². The highest BCUT2D eigenvalue weighted by Gasteiger charge is 2.27. The van der Waals surface area contributed by atoms with Crippen LogP contribution < -0.4 is 10.9 Å². The number of thiazole rings is 1. The van der Waals surface area contributed by atoms with Gasteiger partial charge in [-0.15, -0.1) is 11.3 Å². The third-order valence-corrected chi connectivity index (χ3v) is 5.32. The van der Waals surface area contributed by atoms with E-state index < -0.39 is 23.3 Å².